The van der Waals surface area contributed by atoms with E-state index in [1.807, 2.05) is 28.9 Å². The molecule has 0 fully saturated rings. The van der Waals surface area contributed by atoms with Gasteiger partial charge in [-0.05, 0) is 52.6 Å². The molecule has 2 N–H and O–H groups in total. The van der Waals surface area contributed by atoms with E-state index in [4.69, 9.17) is 5.73 Å². The van der Waals surface area contributed by atoms with Gasteiger partial charge in [0.2, 0.25) is 0 Å². The number of aromatic nitrogens is 2. The first-order chi connectivity index (χ1) is 8.78. The number of rotatable bonds is 2. The summed E-state index contributed by atoms with van der Waals surface area (Å²) in [5, 5.41) is 4.67. The smallest absolute Gasteiger partial charge is 0.141 e. The van der Waals surface area contributed by atoms with Crippen molar-refractivity contribution in [2.24, 2.45) is 5.41 Å². The molecule has 0 saturated carbocycles. The van der Waals surface area contributed by atoms with Crippen molar-refractivity contribution in [1.82, 2.24) is 9.78 Å². The second-order valence-corrected chi connectivity index (χ2v) is 7.77. The van der Waals surface area contributed by atoms with Crippen molar-refractivity contribution in [3.63, 3.8) is 0 Å². The minimum atomic E-state index is 0.197. The van der Waals surface area contributed by atoms with Crippen LogP contribution in [0.1, 0.15) is 26.5 Å². The van der Waals surface area contributed by atoms with E-state index in [2.05, 4.69) is 64.4 Å². The normalized spacial score (nSPS) is 11.8. The van der Waals surface area contributed by atoms with Gasteiger partial charge < -0.3 is 5.73 Å². The van der Waals surface area contributed by atoms with Crippen LogP contribution in [0.15, 0.2) is 28.7 Å². The Labute approximate surface area is 135 Å². The molecule has 0 aliphatic heterocycles. The van der Waals surface area contributed by atoms with Crippen molar-refractivity contribution in [2.45, 2.75) is 27.2 Å². The highest BCUT2D eigenvalue weighted by atomic mass is 127. The number of benzene rings is 1. The predicted octanol–water partition coefficient (Wildman–Crippen LogP) is 4.41. The Morgan fingerprint density at radius 3 is 2.63 bits per heavy atom. The van der Waals surface area contributed by atoms with Crippen LogP contribution < -0.4 is 5.73 Å². The fourth-order valence-electron chi connectivity index (χ4n) is 1.88. The number of anilines is 1. The van der Waals surface area contributed by atoms with Crippen molar-refractivity contribution in [3.8, 4) is 5.69 Å². The van der Waals surface area contributed by atoms with Gasteiger partial charge in [-0.25, -0.2) is 4.68 Å². The molecular formula is C14H17BrIN3. The van der Waals surface area contributed by atoms with E-state index in [0.29, 0.717) is 5.82 Å². The molecule has 0 bridgehead atoms. The summed E-state index contributed by atoms with van der Waals surface area (Å²) < 4.78 is 3.88. The summed E-state index contributed by atoms with van der Waals surface area (Å²) in [7, 11) is 0. The molecule has 1 aromatic carbocycles. The maximum atomic E-state index is 6.18. The summed E-state index contributed by atoms with van der Waals surface area (Å²) in [6.45, 7) is 6.62. The summed E-state index contributed by atoms with van der Waals surface area (Å²) >= 11 is 5.76. The van der Waals surface area contributed by atoms with Crippen molar-refractivity contribution in [3.05, 3.63) is 38.0 Å². The minimum absolute atomic E-state index is 0.197. The van der Waals surface area contributed by atoms with Gasteiger partial charge in [-0.15, -0.1) is 0 Å². The second-order valence-electron chi connectivity index (χ2n) is 5.78. The Bertz CT molecular complexity index is 599. The summed E-state index contributed by atoms with van der Waals surface area (Å²) in [5.74, 6) is 0.706. The first-order valence-corrected chi connectivity index (χ1v) is 7.94. The van der Waals surface area contributed by atoms with Crippen LogP contribution in [0.3, 0.4) is 0 Å². The molecule has 0 spiro atoms. The number of nitrogens with two attached hydrogens (primary N) is 1. The van der Waals surface area contributed by atoms with Gasteiger partial charge in [0, 0.05) is 4.47 Å². The molecule has 2 rings (SSSR count). The number of hydrogen-bond acceptors (Lipinski definition) is 2. The molecule has 19 heavy (non-hydrogen) atoms. The maximum Gasteiger partial charge on any atom is 0.141 e. The summed E-state index contributed by atoms with van der Waals surface area (Å²) in [6.07, 6.45) is 0.913. The number of nitrogens with zero attached hydrogens (tertiary/aromatic N) is 2. The molecule has 3 nitrogen and oxygen atoms in total. The van der Waals surface area contributed by atoms with E-state index in [1.54, 1.807) is 0 Å². The zero-order chi connectivity index (χ0) is 14.2. The third-order valence-electron chi connectivity index (χ3n) is 2.68. The van der Waals surface area contributed by atoms with E-state index < -0.39 is 0 Å². The number of hydrogen-bond donors (Lipinski definition) is 1. The van der Waals surface area contributed by atoms with Gasteiger partial charge in [0.05, 0.1) is 15.0 Å². The average Bonchev–Trinajstić information content (AvgIpc) is 2.55. The van der Waals surface area contributed by atoms with Gasteiger partial charge in [0.25, 0.3) is 0 Å². The molecule has 102 valence electrons. The molecule has 0 amide bonds. The van der Waals surface area contributed by atoms with E-state index in [0.717, 1.165) is 25.8 Å². The molecular weight excluding hydrogens is 417 g/mol. The Kier molecular flexibility index (Phi) is 4.25. The van der Waals surface area contributed by atoms with Crippen LogP contribution in [0.25, 0.3) is 5.69 Å². The standard InChI is InChI=1S/C14H17BrIN3/c1-14(2,3)8-11-12(16)13(17)19(18-11)10-6-4-5-9(15)7-10/h4-7H,8,17H2,1-3H3. The molecule has 1 heterocycles. The van der Waals surface area contributed by atoms with E-state index in [9.17, 15) is 0 Å². The highest BCUT2D eigenvalue weighted by molar-refractivity contribution is 14.1. The van der Waals surface area contributed by atoms with Gasteiger partial charge >= 0.3 is 0 Å². The van der Waals surface area contributed by atoms with Gasteiger partial charge in [-0.2, -0.15) is 5.10 Å². The van der Waals surface area contributed by atoms with Crippen molar-refractivity contribution >= 4 is 44.3 Å². The molecule has 0 unspecified atom stereocenters. The molecule has 2 aromatic rings. The fraction of sp³-hybridized carbons (Fsp3) is 0.357. The van der Waals surface area contributed by atoms with Gasteiger partial charge in [0.1, 0.15) is 5.82 Å². The molecule has 0 radical (unpaired) electrons. The van der Waals surface area contributed by atoms with Crippen LogP contribution in [0.4, 0.5) is 5.82 Å². The van der Waals surface area contributed by atoms with E-state index in [-0.39, 0.29) is 5.41 Å². The lowest BCUT2D eigenvalue weighted by Crippen LogP contribution is -2.10. The molecule has 0 atom stereocenters. The van der Waals surface area contributed by atoms with Crippen LogP contribution in [0.5, 0.6) is 0 Å². The first-order valence-electron chi connectivity index (χ1n) is 6.07. The van der Waals surface area contributed by atoms with Crippen LogP contribution in [0.2, 0.25) is 0 Å². The number of halogens is 2. The molecule has 1 aromatic heterocycles. The van der Waals surface area contributed by atoms with Crippen molar-refractivity contribution in [1.29, 1.82) is 0 Å². The number of nitrogen functional groups attached to an aromatic ring is 1. The summed E-state index contributed by atoms with van der Waals surface area (Å²) in [5.41, 5.74) is 8.42. The SMILES string of the molecule is CC(C)(C)Cc1nn(-c2cccc(Br)c2)c(N)c1I. The second kappa shape index (κ2) is 5.44. The summed E-state index contributed by atoms with van der Waals surface area (Å²) in [6, 6.07) is 7.99. The van der Waals surface area contributed by atoms with E-state index in [1.165, 1.54) is 0 Å². The Morgan fingerprint density at radius 1 is 1.37 bits per heavy atom. The Hall–Kier alpha value is -0.560. The van der Waals surface area contributed by atoms with E-state index >= 15 is 0 Å². The largest absolute Gasteiger partial charge is 0.383 e. The predicted molar refractivity (Wildman–Crippen MR) is 91.6 cm³/mol. The molecule has 0 aliphatic rings. The average molecular weight is 434 g/mol. The van der Waals surface area contributed by atoms with Gasteiger partial charge in [0.15, 0.2) is 0 Å². The zero-order valence-corrected chi connectivity index (χ0v) is 15.0. The van der Waals surface area contributed by atoms with Crippen LogP contribution in [-0.4, -0.2) is 9.78 Å². The Balaban J connectivity index is 2.46. The molecule has 0 saturated heterocycles. The van der Waals surface area contributed by atoms with Gasteiger partial charge in [-0.1, -0.05) is 42.8 Å². The lowest BCUT2D eigenvalue weighted by molar-refractivity contribution is 0.404. The van der Waals surface area contributed by atoms with Crippen LogP contribution in [-0.2, 0) is 6.42 Å². The third kappa shape index (κ3) is 3.51. The monoisotopic (exact) mass is 433 g/mol. The minimum Gasteiger partial charge on any atom is -0.383 e. The maximum absolute atomic E-state index is 6.18. The molecule has 0 aliphatic carbocycles. The highest BCUT2D eigenvalue weighted by Crippen LogP contribution is 2.29. The summed E-state index contributed by atoms with van der Waals surface area (Å²) in [4.78, 5) is 0. The van der Waals surface area contributed by atoms with Crippen molar-refractivity contribution < 1.29 is 0 Å². The first kappa shape index (κ1) is 14.8. The third-order valence-corrected chi connectivity index (χ3v) is 4.35. The Morgan fingerprint density at radius 2 is 2.05 bits per heavy atom. The zero-order valence-electron chi connectivity index (χ0n) is 11.2. The van der Waals surface area contributed by atoms with Crippen LogP contribution >= 0.6 is 38.5 Å². The topological polar surface area (TPSA) is 43.8 Å². The van der Waals surface area contributed by atoms with Gasteiger partial charge in [-0.3, -0.25) is 0 Å². The quantitative estimate of drug-likeness (QED) is 0.712. The highest BCUT2D eigenvalue weighted by Gasteiger charge is 2.20. The fourth-order valence-corrected chi connectivity index (χ4v) is 2.79. The lowest BCUT2D eigenvalue weighted by Gasteiger charge is -2.16. The van der Waals surface area contributed by atoms with Crippen LogP contribution in [0, 0.1) is 8.99 Å². The molecule has 5 heteroatoms. The van der Waals surface area contributed by atoms with Crippen molar-refractivity contribution in [2.75, 3.05) is 5.73 Å². The lowest BCUT2D eigenvalue weighted by atomic mass is 9.91.